The Balaban J connectivity index is 3.86. The average molecular weight is 184 g/mol. The number of nitrogens with zero attached hydrogens (tertiary/aromatic N) is 3. The van der Waals surface area contributed by atoms with E-state index >= 15 is 0 Å². The van der Waals surface area contributed by atoms with Crippen molar-refractivity contribution in [2.75, 3.05) is 12.9 Å². The van der Waals surface area contributed by atoms with Crippen LogP contribution in [0.5, 0.6) is 0 Å². The Morgan fingerprint density at radius 1 is 1.90 bits per heavy atom. The van der Waals surface area contributed by atoms with E-state index in [-0.39, 0.29) is 12.9 Å². The van der Waals surface area contributed by atoms with Crippen molar-refractivity contribution in [2.45, 2.75) is 6.92 Å². The van der Waals surface area contributed by atoms with Crippen molar-refractivity contribution in [1.29, 1.82) is 0 Å². The monoisotopic (exact) mass is 183 g/mol. The molecule has 0 bridgehead atoms. The second-order valence-corrected chi connectivity index (χ2v) is 4.65. The minimum Gasteiger partial charge on any atom is -0.318 e. The van der Waals surface area contributed by atoms with Gasteiger partial charge in [-0.25, -0.2) is 0 Å². The molecule has 7 heteroatoms. The first-order valence-corrected chi connectivity index (χ1v) is 5.28. The molecule has 0 radical (unpaired) electrons. The largest absolute Gasteiger partial charge is 0.318 e. The molecule has 0 fully saturated rings. The molecule has 1 atom stereocenters. The molecular weight excluding hydrogens is 176 g/mol. The fourth-order valence-corrected chi connectivity index (χ4v) is 1.45. The van der Waals surface area contributed by atoms with Crippen LogP contribution in [0.2, 0.25) is 0 Å². The molecule has 0 saturated heterocycles. The van der Waals surface area contributed by atoms with Gasteiger partial charge in [0.2, 0.25) is 0 Å². The topological polar surface area (TPSA) is 75.1 Å². The second-order valence-electron chi connectivity index (χ2n) is 1.38. The van der Waals surface area contributed by atoms with E-state index in [0.717, 1.165) is 0 Å². The maximum absolute atomic E-state index is 10.9. The zero-order valence-electron chi connectivity index (χ0n) is 5.40. The highest BCUT2D eigenvalue weighted by atomic mass is 35.7. The molecule has 10 heavy (non-hydrogen) atoms. The SMILES string of the molecule is CCOP(=O)(Cl)CN=[N+]=[N-]. The molecule has 5 nitrogen and oxygen atoms in total. The lowest BCUT2D eigenvalue weighted by Crippen LogP contribution is -1.85. The summed E-state index contributed by atoms with van der Waals surface area (Å²) in [6, 6.07) is 0. The summed E-state index contributed by atoms with van der Waals surface area (Å²) in [5.41, 5.74) is 7.82. The Labute approximate surface area is 63.2 Å². The quantitative estimate of drug-likeness (QED) is 0.291. The number of halogens is 1. The minimum atomic E-state index is -3.16. The van der Waals surface area contributed by atoms with Gasteiger partial charge in [0.25, 0.3) is 6.72 Å². The van der Waals surface area contributed by atoms with E-state index in [2.05, 4.69) is 14.5 Å². The van der Waals surface area contributed by atoms with Gasteiger partial charge in [-0.3, -0.25) is 4.57 Å². The van der Waals surface area contributed by atoms with Crippen LogP contribution in [0.3, 0.4) is 0 Å². The van der Waals surface area contributed by atoms with Crippen LogP contribution in [0.4, 0.5) is 0 Å². The first-order chi connectivity index (χ1) is 4.62. The van der Waals surface area contributed by atoms with E-state index < -0.39 is 6.72 Å². The molecule has 0 saturated carbocycles. The van der Waals surface area contributed by atoms with Crippen LogP contribution < -0.4 is 0 Å². The Bertz CT molecular complexity index is 190. The smallest absolute Gasteiger partial charge is 0.296 e. The predicted octanol–water partition coefficient (Wildman–Crippen LogP) is 2.72. The van der Waals surface area contributed by atoms with Gasteiger partial charge in [0, 0.05) is 4.91 Å². The molecule has 0 aliphatic carbocycles. The van der Waals surface area contributed by atoms with Gasteiger partial charge in [-0.15, -0.1) is 0 Å². The van der Waals surface area contributed by atoms with Gasteiger partial charge in [0.05, 0.1) is 6.61 Å². The molecule has 0 aromatic rings. The molecular formula is C3H7ClN3O2P. The van der Waals surface area contributed by atoms with Gasteiger partial charge in [0.15, 0.2) is 0 Å². The lowest BCUT2D eigenvalue weighted by Gasteiger charge is -2.04. The first-order valence-electron chi connectivity index (χ1n) is 2.56. The van der Waals surface area contributed by atoms with Crippen LogP contribution in [0.15, 0.2) is 5.11 Å². The van der Waals surface area contributed by atoms with E-state index in [0.29, 0.717) is 0 Å². The molecule has 1 unspecified atom stereocenters. The van der Waals surface area contributed by atoms with E-state index in [4.69, 9.17) is 16.8 Å². The molecule has 0 rings (SSSR count). The molecule has 0 N–H and O–H groups in total. The average Bonchev–Trinajstić information content (AvgIpc) is 1.84. The van der Waals surface area contributed by atoms with Crippen molar-refractivity contribution < 1.29 is 9.09 Å². The highest BCUT2D eigenvalue weighted by Gasteiger charge is 2.16. The fraction of sp³-hybridized carbons (Fsp3) is 1.00. The summed E-state index contributed by atoms with van der Waals surface area (Å²) in [4.78, 5) is 2.39. The Hall–Kier alpha value is -0.210. The third kappa shape index (κ3) is 4.65. The fourth-order valence-electron chi connectivity index (χ4n) is 0.337. The molecule has 0 aliphatic heterocycles. The van der Waals surface area contributed by atoms with Gasteiger partial charge < -0.3 is 4.52 Å². The van der Waals surface area contributed by atoms with Crippen molar-refractivity contribution in [3.63, 3.8) is 0 Å². The number of hydrogen-bond acceptors (Lipinski definition) is 3. The number of hydrogen-bond donors (Lipinski definition) is 0. The van der Waals surface area contributed by atoms with E-state index in [1.807, 2.05) is 0 Å². The lowest BCUT2D eigenvalue weighted by atomic mass is 10.9. The van der Waals surface area contributed by atoms with Crippen molar-refractivity contribution in [3.05, 3.63) is 10.4 Å². The van der Waals surface area contributed by atoms with Crippen molar-refractivity contribution in [1.82, 2.24) is 0 Å². The summed E-state index contributed by atoms with van der Waals surface area (Å²) in [7, 11) is 0. The zero-order chi connectivity index (χ0) is 8.04. The van der Waals surface area contributed by atoms with Crippen LogP contribution in [-0.4, -0.2) is 12.9 Å². The predicted molar refractivity (Wildman–Crippen MR) is 39.1 cm³/mol. The minimum absolute atomic E-state index is 0.252. The number of azide groups is 1. The van der Waals surface area contributed by atoms with Crippen molar-refractivity contribution in [2.24, 2.45) is 5.11 Å². The van der Waals surface area contributed by atoms with Crippen LogP contribution in [0.25, 0.3) is 10.4 Å². The summed E-state index contributed by atoms with van der Waals surface area (Å²) in [5, 5.41) is 3.02. The molecule has 58 valence electrons. The number of rotatable bonds is 4. The van der Waals surface area contributed by atoms with E-state index in [1.165, 1.54) is 0 Å². The standard InChI is InChI=1S/C3H7ClN3O2P/c1-2-9-10(4,8)3-6-7-5/h2-3H2,1H3. The van der Waals surface area contributed by atoms with Crippen LogP contribution in [-0.2, 0) is 9.09 Å². The van der Waals surface area contributed by atoms with Gasteiger partial charge in [0.1, 0.15) is 6.29 Å². The van der Waals surface area contributed by atoms with Gasteiger partial charge in [-0.05, 0) is 23.7 Å². The van der Waals surface area contributed by atoms with Gasteiger partial charge in [-0.1, -0.05) is 5.11 Å². The summed E-state index contributed by atoms with van der Waals surface area (Å²) in [6.07, 6.45) is -0.293. The first kappa shape index (κ1) is 9.79. The van der Waals surface area contributed by atoms with Gasteiger partial charge in [-0.2, -0.15) is 0 Å². The third-order valence-electron chi connectivity index (χ3n) is 0.617. The molecule has 0 aromatic heterocycles. The van der Waals surface area contributed by atoms with Crippen LogP contribution >= 0.6 is 18.0 Å². The lowest BCUT2D eigenvalue weighted by molar-refractivity contribution is 0.345. The van der Waals surface area contributed by atoms with E-state index in [9.17, 15) is 4.57 Å². The highest BCUT2D eigenvalue weighted by molar-refractivity contribution is 7.85. The summed E-state index contributed by atoms with van der Waals surface area (Å²) < 4.78 is 15.4. The molecule has 0 aliphatic rings. The van der Waals surface area contributed by atoms with Gasteiger partial charge >= 0.3 is 0 Å². The van der Waals surface area contributed by atoms with Crippen molar-refractivity contribution >= 4 is 18.0 Å². The molecule has 0 heterocycles. The molecule has 0 spiro atoms. The maximum atomic E-state index is 10.9. The summed E-state index contributed by atoms with van der Waals surface area (Å²) in [5.74, 6) is 0. The Morgan fingerprint density at radius 3 is 2.90 bits per heavy atom. The van der Waals surface area contributed by atoms with E-state index in [1.54, 1.807) is 6.92 Å². The normalized spacial score (nSPS) is 15.4. The molecule has 0 amide bonds. The van der Waals surface area contributed by atoms with Crippen molar-refractivity contribution in [3.8, 4) is 0 Å². The van der Waals surface area contributed by atoms with Crippen LogP contribution in [0.1, 0.15) is 6.92 Å². The summed E-state index contributed by atoms with van der Waals surface area (Å²) >= 11 is 5.28. The highest BCUT2D eigenvalue weighted by Crippen LogP contribution is 2.52. The maximum Gasteiger partial charge on any atom is 0.296 e. The molecule has 0 aromatic carbocycles. The van der Waals surface area contributed by atoms with Crippen LogP contribution in [0, 0.1) is 0 Å². The second kappa shape index (κ2) is 4.58. The Morgan fingerprint density at radius 2 is 2.50 bits per heavy atom. The summed E-state index contributed by atoms with van der Waals surface area (Å²) in [6.45, 7) is -1.25. The Kier molecular flexibility index (Phi) is 4.49. The third-order valence-corrected chi connectivity index (χ3v) is 2.34. The zero-order valence-corrected chi connectivity index (χ0v) is 7.05.